The molecule has 0 radical (unpaired) electrons. The highest BCUT2D eigenvalue weighted by Gasteiger charge is 2.24. The third-order valence-electron chi connectivity index (χ3n) is 8.97. The number of thioether (sulfide) groups is 1. The van der Waals surface area contributed by atoms with Crippen LogP contribution in [0, 0.1) is 10.1 Å². The second kappa shape index (κ2) is 16.2. The van der Waals surface area contributed by atoms with E-state index in [2.05, 4.69) is 59.1 Å². The fourth-order valence-corrected chi connectivity index (χ4v) is 8.18. The lowest BCUT2D eigenvalue weighted by molar-refractivity contribution is -0.384. The number of benzene rings is 4. The number of pyridine rings is 1. The molecule has 0 amide bonds. The zero-order valence-electron chi connectivity index (χ0n) is 28.4. The number of hydrogen-bond donors (Lipinski definition) is 2. The SMILES string of the molecule is O=[N+]([O-])c1cc(S(=O)(=O)Nc2ncnc3cc(N4CCN(Cc5ccccc5-c5ccc(Cl)cc5)CC4)ccc23)ccc1NCCSc1ccncc1. The molecule has 1 fully saturated rings. The fraction of sp³-hybridized carbons (Fsp3) is 0.184. The number of aromatic nitrogens is 3. The molecule has 1 aliphatic heterocycles. The molecule has 15 heteroatoms. The summed E-state index contributed by atoms with van der Waals surface area (Å²) in [5, 5.41) is 16.2. The van der Waals surface area contributed by atoms with Crippen LogP contribution in [-0.4, -0.2) is 71.7 Å². The van der Waals surface area contributed by atoms with Gasteiger partial charge in [0.2, 0.25) is 0 Å². The van der Waals surface area contributed by atoms with Crippen LogP contribution in [0.3, 0.4) is 0 Å². The maximum absolute atomic E-state index is 13.5. The number of fused-ring (bicyclic) bond motifs is 1. The van der Waals surface area contributed by atoms with Gasteiger partial charge in [-0.15, -0.1) is 11.8 Å². The lowest BCUT2D eigenvalue weighted by atomic mass is 9.99. The molecule has 0 saturated carbocycles. The quantitative estimate of drug-likeness (QED) is 0.0519. The molecular formula is C38H35ClN8O4S2. The van der Waals surface area contributed by atoms with E-state index in [1.165, 1.54) is 29.6 Å². The van der Waals surface area contributed by atoms with Gasteiger partial charge in [-0.05, 0) is 71.3 Å². The number of nitrogens with one attached hydrogen (secondary N) is 2. The van der Waals surface area contributed by atoms with Crippen LogP contribution < -0.4 is 14.9 Å². The van der Waals surface area contributed by atoms with Crippen LogP contribution >= 0.6 is 23.4 Å². The number of piperazine rings is 1. The third-order valence-corrected chi connectivity index (χ3v) is 11.6. The maximum Gasteiger partial charge on any atom is 0.293 e. The first-order valence-electron chi connectivity index (χ1n) is 16.9. The number of nitrogens with zero attached hydrogens (tertiary/aromatic N) is 6. The number of nitro groups is 1. The summed E-state index contributed by atoms with van der Waals surface area (Å²) in [6, 6.07) is 29.6. The second-order valence-corrected chi connectivity index (χ2v) is 15.6. The van der Waals surface area contributed by atoms with Gasteiger partial charge in [0.05, 0.1) is 15.3 Å². The molecule has 0 spiro atoms. The van der Waals surface area contributed by atoms with Gasteiger partial charge >= 0.3 is 0 Å². The lowest BCUT2D eigenvalue weighted by Crippen LogP contribution is -2.46. The Balaban J connectivity index is 0.999. The summed E-state index contributed by atoms with van der Waals surface area (Å²) in [6.07, 6.45) is 4.70. The van der Waals surface area contributed by atoms with E-state index in [-0.39, 0.29) is 22.1 Å². The lowest BCUT2D eigenvalue weighted by Gasteiger charge is -2.36. The monoisotopic (exact) mass is 766 g/mol. The van der Waals surface area contributed by atoms with Gasteiger partial charge in [-0.3, -0.25) is 24.7 Å². The molecule has 12 nitrogen and oxygen atoms in total. The molecule has 1 aliphatic rings. The van der Waals surface area contributed by atoms with Crippen LogP contribution in [0.1, 0.15) is 5.56 Å². The molecule has 4 aromatic carbocycles. The summed E-state index contributed by atoms with van der Waals surface area (Å²) in [4.78, 5) is 29.5. The van der Waals surface area contributed by atoms with Gasteiger partial charge in [0, 0.05) is 84.5 Å². The highest BCUT2D eigenvalue weighted by molar-refractivity contribution is 7.99. The molecule has 6 aromatic rings. The van der Waals surface area contributed by atoms with Gasteiger partial charge in [0.1, 0.15) is 12.0 Å². The van der Waals surface area contributed by atoms with Gasteiger partial charge in [0.15, 0.2) is 5.82 Å². The van der Waals surface area contributed by atoms with Crippen LogP contribution in [-0.2, 0) is 16.6 Å². The first-order chi connectivity index (χ1) is 25.7. The summed E-state index contributed by atoms with van der Waals surface area (Å²) in [5.41, 5.74) is 5.03. The summed E-state index contributed by atoms with van der Waals surface area (Å²) in [5.74, 6) is 0.728. The Morgan fingerprint density at radius 2 is 1.66 bits per heavy atom. The first kappa shape index (κ1) is 36.1. The Morgan fingerprint density at radius 1 is 0.887 bits per heavy atom. The minimum absolute atomic E-state index is 0.0868. The standard InChI is InChI=1S/C38H35ClN8O4S2/c39-29-7-5-27(6-8-29)33-4-2-1-3-28(33)25-45-18-20-46(21-19-45)30-9-11-34-36(23-30)42-26-43-38(34)44-53(50,51)32-10-12-35(37(24-32)47(48)49)41-17-22-52-31-13-15-40-16-14-31/h1-16,23-24,26,41H,17-22,25H2,(H,42,43,44). The molecule has 3 heterocycles. The van der Waals surface area contributed by atoms with Crippen molar-refractivity contribution in [2.45, 2.75) is 16.3 Å². The first-order valence-corrected chi connectivity index (χ1v) is 19.7. The Hall–Kier alpha value is -5.28. The van der Waals surface area contributed by atoms with Gasteiger partial charge in [0.25, 0.3) is 15.7 Å². The van der Waals surface area contributed by atoms with Crippen molar-refractivity contribution in [1.29, 1.82) is 0 Å². The molecule has 2 aromatic heterocycles. The Morgan fingerprint density at radius 3 is 2.43 bits per heavy atom. The fourth-order valence-electron chi connectivity index (χ4n) is 6.25. The normalized spacial score (nSPS) is 13.6. The number of nitro benzene ring substituents is 1. The Bertz CT molecular complexity index is 2340. The van der Waals surface area contributed by atoms with Crippen LogP contribution in [0.25, 0.3) is 22.0 Å². The molecule has 0 aliphatic carbocycles. The van der Waals surface area contributed by atoms with E-state index in [1.807, 2.05) is 48.5 Å². The number of halogens is 1. The number of sulfonamides is 1. The van der Waals surface area contributed by atoms with Gasteiger partial charge in [-0.2, -0.15) is 0 Å². The van der Waals surface area contributed by atoms with Crippen molar-refractivity contribution < 1.29 is 13.3 Å². The Kier molecular flexibility index (Phi) is 11.0. The summed E-state index contributed by atoms with van der Waals surface area (Å²) < 4.78 is 29.5. The number of rotatable bonds is 13. The topological polar surface area (TPSA) is 146 Å². The van der Waals surface area contributed by atoms with E-state index in [1.54, 1.807) is 30.2 Å². The molecule has 0 bridgehead atoms. The third kappa shape index (κ3) is 8.69. The predicted molar refractivity (Wildman–Crippen MR) is 211 cm³/mol. The molecule has 0 atom stereocenters. The molecular weight excluding hydrogens is 732 g/mol. The zero-order chi connectivity index (χ0) is 36.8. The average molecular weight is 767 g/mol. The molecule has 7 rings (SSSR count). The van der Waals surface area contributed by atoms with Crippen LogP contribution in [0.15, 0.2) is 126 Å². The van der Waals surface area contributed by atoms with E-state index < -0.39 is 14.9 Å². The Labute approximate surface area is 316 Å². The van der Waals surface area contributed by atoms with Crippen LogP contribution in [0.2, 0.25) is 5.02 Å². The van der Waals surface area contributed by atoms with Gasteiger partial charge in [-0.25, -0.2) is 18.4 Å². The highest BCUT2D eigenvalue weighted by atomic mass is 35.5. The van der Waals surface area contributed by atoms with E-state index in [0.717, 1.165) is 54.9 Å². The van der Waals surface area contributed by atoms with E-state index in [9.17, 15) is 18.5 Å². The molecule has 2 N–H and O–H groups in total. The van der Waals surface area contributed by atoms with E-state index >= 15 is 0 Å². The summed E-state index contributed by atoms with van der Waals surface area (Å²) >= 11 is 7.70. The maximum atomic E-state index is 13.5. The smallest absolute Gasteiger partial charge is 0.293 e. The van der Waals surface area contributed by atoms with E-state index in [4.69, 9.17) is 11.6 Å². The van der Waals surface area contributed by atoms with Gasteiger partial charge < -0.3 is 10.2 Å². The number of anilines is 3. The molecule has 1 saturated heterocycles. The average Bonchev–Trinajstić information content (AvgIpc) is 3.17. The summed E-state index contributed by atoms with van der Waals surface area (Å²) in [7, 11) is -4.23. The van der Waals surface area contributed by atoms with Gasteiger partial charge in [-0.1, -0.05) is 48.0 Å². The van der Waals surface area contributed by atoms with Crippen molar-refractivity contribution >= 4 is 67.2 Å². The minimum Gasteiger partial charge on any atom is -0.379 e. The van der Waals surface area contributed by atoms with Crippen LogP contribution in [0.5, 0.6) is 0 Å². The highest BCUT2D eigenvalue weighted by Crippen LogP contribution is 2.32. The van der Waals surface area contributed by atoms with Crippen molar-refractivity contribution in [3.05, 3.63) is 136 Å². The van der Waals surface area contributed by atoms with Crippen molar-refractivity contribution in [3.8, 4) is 11.1 Å². The second-order valence-electron chi connectivity index (χ2n) is 12.4. The molecule has 53 heavy (non-hydrogen) atoms. The van der Waals surface area contributed by atoms with Crippen molar-refractivity contribution in [3.63, 3.8) is 0 Å². The van der Waals surface area contributed by atoms with Crippen molar-refractivity contribution in [2.24, 2.45) is 0 Å². The summed E-state index contributed by atoms with van der Waals surface area (Å²) in [6.45, 7) is 4.62. The van der Waals surface area contributed by atoms with Crippen LogP contribution in [0.4, 0.5) is 22.9 Å². The zero-order valence-corrected chi connectivity index (χ0v) is 30.8. The molecule has 270 valence electrons. The number of hydrogen-bond acceptors (Lipinski definition) is 11. The van der Waals surface area contributed by atoms with Crippen molar-refractivity contribution in [2.75, 3.05) is 53.4 Å². The largest absolute Gasteiger partial charge is 0.379 e. The van der Waals surface area contributed by atoms with E-state index in [0.29, 0.717) is 28.2 Å². The minimum atomic E-state index is -4.23. The molecule has 0 unspecified atom stereocenters. The van der Waals surface area contributed by atoms with Crippen molar-refractivity contribution in [1.82, 2.24) is 19.9 Å². The predicted octanol–water partition coefficient (Wildman–Crippen LogP) is 7.58.